The number of hydrogen-bond acceptors (Lipinski definition) is 2. The molecule has 0 spiro atoms. The molecule has 5 heteroatoms. The van der Waals surface area contributed by atoms with E-state index in [0.29, 0.717) is 5.95 Å². The monoisotopic (exact) mass is 827 g/mol. The summed E-state index contributed by atoms with van der Waals surface area (Å²) in [5.41, 5.74) is 14.3. The molecule has 0 radical (unpaired) electrons. The fourth-order valence-corrected chi connectivity index (χ4v) is 10.6. The molecule has 0 atom stereocenters. The second-order valence-corrected chi connectivity index (χ2v) is 16.9. The zero-order valence-corrected chi connectivity index (χ0v) is 35.1. The van der Waals surface area contributed by atoms with Crippen LogP contribution in [0.4, 0.5) is 0 Å². The SMILES string of the molecule is c1ccc(-n2c3ccccc3c3cc(-c4nc(-n5c6ccccc6c6c7ccccc7c(-c7ccc8c(c7)c7ccccc7n8-c7ccccc7)cc65)nc5ccccc45)ccc32)cc1. The molecular formula is C60H37N5. The lowest BCUT2D eigenvalue weighted by molar-refractivity contribution is 1.01. The second kappa shape index (κ2) is 13.9. The van der Waals surface area contributed by atoms with Gasteiger partial charge in [0.05, 0.1) is 44.3 Å². The van der Waals surface area contributed by atoms with Crippen molar-refractivity contribution in [3.63, 3.8) is 0 Å². The lowest BCUT2D eigenvalue weighted by Gasteiger charge is -2.14. The van der Waals surface area contributed by atoms with Gasteiger partial charge in [0.1, 0.15) is 0 Å². The van der Waals surface area contributed by atoms with Gasteiger partial charge in [0.2, 0.25) is 5.95 Å². The van der Waals surface area contributed by atoms with Crippen molar-refractivity contribution in [2.24, 2.45) is 0 Å². The van der Waals surface area contributed by atoms with Crippen LogP contribution in [0.2, 0.25) is 0 Å². The molecule has 0 aliphatic heterocycles. The van der Waals surface area contributed by atoms with Gasteiger partial charge in [-0.15, -0.1) is 0 Å². The summed E-state index contributed by atoms with van der Waals surface area (Å²) in [6.07, 6.45) is 0. The molecule has 14 rings (SSSR count). The first-order valence-electron chi connectivity index (χ1n) is 22.2. The molecule has 302 valence electrons. The maximum atomic E-state index is 5.60. The summed E-state index contributed by atoms with van der Waals surface area (Å²) in [5.74, 6) is 0.638. The average molecular weight is 828 g/mol. The Morgan fingerprint density at radius 1 is 0.277 bits per heavy atom. The number of nitrogens with zero attached hydrogens (tertiary/aromatic N) is 5. The van der Waals surface area contributed by atoms with Crippen LogP contribution < -0.4 is 0 Å². The summed E-state index contributed by atoms with van der Waals surface area (Å²) in [6.45, 7) is 0. The largest absolute Gasteiger partial charge is 0.309 e. The van der Waals surface area contributed by atoms with E-state index < -0.39 is 0 Å². The predicted octanol–water partition coefficient (Wildman–Crippen LogP) is 15.4. The molecule has 0 N–H and O–H groups in total. The minimum absolute atomic E-state index is 0.638. The highest BCUT2D eigenvalue weighted by molar-refractivity contribution is 6.24. The van der Waals surface area contributed by atoms with Crippen LogP contribution in [0.5, 0.6) is 0 Å². The van der Waals surface area contributed by atoms with E-state index in [-0.39, 0.29) is 0 Å². The van der Waals surface area contributed by atoms with Gasteiger partial charge in [0.15, 0.2) is 0 Å². The fraction of sp³-hybridized carbons (Fsp3) is 0. The first kappa shape index (κ1) is 35.8. The third-order valence-electron chi connectivity index (χ3n) is 13.4. The highest BCUT2D eigenvalue weighted by Gasteiger charge is 2.22. The Balaban J connectivity index is 1.03. The van der Waals surface area contributed by atoms with E-state index in [1.165, 1.54) is 59.6 Å². The van der Waals surface area contributed by atoms with Crippen LogP contribution in [0.3, 0.4) is 0 Å². The third-order valence-corrected chi connectivity index (χ3v) is 13.4. The lowest BCUT2D eigenvalue weighted by atomic mass is 9.94. The Bertz CT molecular complexity index is 4230. The number of rotatable bonds is 5. The number of benzene rings is 10. The number of aromatic nitrogens is 5. The molecule has 0 unspecified atom stereocenters. The molecule has 0 saturated heterocycles. The third kappa shape index (κ3) is 5.27. The first-order valence-corrected chi connectivity index (χ1v) is 22.2. The normalized spacial score (nSPS) is 12.0. The summed E-state index contributed by atoms with van der Waals surface area (Å²) in [6, 6.07) is 80.8. The maximum Gasteiger partial charge on any atom is 0.235 e. The molecule has 65 heavy (non-hydrogen) atoms. The van der Waals surface area contributed by atoms with Crippen molar-refractivity contribution in [2.45, 2.75) is 0 Å². The molecule has 0 saturated carbocycles. The number of hydrogen-bond donors (Lipinski definition) is 0. The topological polar surface area (TPSA) is 40.6 Å². The van der Waals surface area contributed by atoms with Crippen molar-refractivity contribution in [3.05, 3.63) is 224 Å². The Morgan fingerprint density at radius 3 is 1.37 bits per heavy atom. The van der Waals surface area contributed by atoms with Crippen molar-refractivity contribution in [2.75, 3.05) is 0 Å². The van der Waals surface area contributed by atoms with Crippen molar-refractivity contribution >= 4 is 87.1 Å². The number of para-hydroxylation sites is 6. The molecule has 0 aliphatic carbocycles. The van der Waals surface area contributed by atoms with E-state index >= 15 is 0 Å². The molecule has 0 aliphatic rings. The van der Waals surface area contributed by atoms with Gasteiger partial charge in [-0.05, 0) is 101 Å². The molecular weight excluding hydrogens is 791 g/mol. The van der Waals surface area contributed by atoms with Crippen molar-refractivity contribution in [1.29, 1.82) is 0 Å². The second-order valence-electron chi connectivity index (χ2n) is 16.9. The maximum absolute atomic E-state index is 5.60. The molecule has 0 fully saturated rings. The summed E-state index contributed by atoms with van der Waals surface area (Å²) in [7, 11) is 0. The lowest BCUT2D eigenvalue weighted by Crippen LogP contribution is -2.03. The highest BCUT2D eigenvalue weighted by atomic mass is 15.2. The van der Waals surface area contributed by atoms with E-state index in [4.69, 9.17) is 9.97 Å². The van der Waals surface area contributed by atoms with Crippen molar-refractivity contribution < 1.29 is 0 Å². The van der Waals surface area contributed by atoms with E-state index in [9.17, 15) is 0 Å². The summed E-state index contributed by atoms with van der Waals surface area (Å²) >= 11 is 0. The Kier molecular flexibility index (Phi) is 7.62. The fourth-order valence-electron chi connectivity index (χ4n) is 10.6. The molecule has 4 aromatic heterocycles. The molecule has 14 aromatic rings. The van der Waals surface area contributed by atoms with Crippen molar-refractivity contribution in [1.82, 2.24) is 23.7 Å². The molecule has 4 heterocycles. The van der Waals surface area contributed by atoms with Crippen LogP contribution in [0.1, 0.15) is 0 Å². The van der Waals surface area contributed by atoms with Gasteiger partial charge in [-0.1, -0.05) is 146 Å². The Labute approximate surface area is 373 Å². The van der Waals surface area contributed by atoms with E-state index in [1.807, 2.05) is 0 Å². The summed E-state index contributed by atoms with van der Waals surface area (Å²) in [4.78, 5) is 11.0. The van der Waals surface area contributed by atoms with Crippen LogP contribution >= 0.6 is 0 Å². The van der Waals surface area contributed by atoms with E-state index in [0.717, 1.165) is 61.2 Å². The Hall–Kier alpha value is -8.80. The standard InChI is InChI=1S/C60H37N5/c1-3-17-40(18-4-1)63-52-28-14-10-22-43(52)49-35-38(31-33-55(49)63)48-37-57-58(45-24-8-7-21-42(45)48)47-26-12-16-30-54(47)65(57)60-61-51-27-13-9-25-46(51)59(62-60)39-32-34-56-50(36-39)44-23-11-15-29-53(44)64(56)41-19-5-2-6-20-41/h1-37H. The van der Waals surface area contributed by atoms with Gasteiger partial charge in [0, 0.05) is 54.6 Å². The van der Waals surface area contributed by atoms with Crippen LogP contribution in [0, 0.1) is 0 Å². The Morgan fingerprint density at radius 2 is 0.738 bits per heavy atom. The summed E-state index contributed by atoms with van der Waals surface area (Å²) < 4.78 is 7.02. The molecule has 10 aromatic carbocycles. The van der Waals surface area contributed by atoms with E-state index in [2.05, 4.69) is 238 Å². The molecule has 0 bridgehead atoms. The number of fused-ring (bicyclic) bond motifs is 12. The van der Waals surface area contributed by atoms with Crippen molar-refractivity contribution in [3.8, 4) is 39.7 Å². The molecule has 5 nitrogen and oxygen atoms in total. The van der Waals surface area contributed by atoms with Crippen LogP contribution in [-0.4, -0.2) is 23.7 Å². The van der Waals surface area contributed by atoms with Gasteiger partial charge < -0.3 is 9.13 Å². The zero-order valence-electron chi connectivity index (χ0n) is 35.1. The zero-order chi connectivity index (χ0) is 42.6. The van der Waals surface area contributed by atoms with Gasteiger partial charge in [-0.25, -0.2) is 9.97 Å². The van der Waals surface area contributed by atoms with Gasteiger partial charge >= 0.3 is 0 Å². The van der Waals surface area contributed by atoms with Gasteiger partial charge in [0.25, 0.3) is 0 Å². The van der Waals surface area contributed by atoms with Gasteiger partial charge in [-0.3, -0.25) is 4.57 Å². The van der Waals surface area contributed by atoms with Crippen LogP contribution in [0.25, 0.3) is 127 Å². The first-order chi connectivity index (χ1) is 32.3. The minimum atomic E-state index is 0.638. The van der Waals surface area contributed by atoms with Crippen LogP contribution in [0.15, 0.2) is 224 Å². The van der Waals surface area contributed by atoms with Gasteiger partial charge in [-0.2, -0.15) is 0 Å². The average Bonchev–Trinajstić information content (AvgIpc) is 4.01. The summed E-state index contributed by atoms with van der Waals surface area (Å²) in [5, 5.41) is 10.6. The minimum Gasteiger partial charge on any atom is -0.309 e. The predicted molar refractivity (Wildman–Crippen MR) is 271 cm³/mol. The highest BCUT2D eigenvalue weighted by Crippen LogP contribution is 2.44. The smallest absolute Gasteiger partial charge is 0.235 e. The van der Waals surface area contributed by atoms with Crippen LogP contribution in [-0.2, 0) is 0 Å². The molecule has 0 amide bonds. The quantitative estimate of drug-likeness (QED) is 0.173. The van der Waals surface area contributed by atoms with E-state index in [1.54, 1.807) is 0 Å².